The number of nitrogens with one attached hydrogen (secondary N) is 2. The van der Waals surface area contributed by atoms with Gasteiger partial charge in [-0.2, -0.15) is 8.78 Å². The van der Waals surface area contributed by atoms with Gasteiger partial charge in [-0.3, -0.25) is 4.99 Å². The van der Waals surface area contributed by atoms with E-state index in [2.05, 4.69) is 20.4 Å². The second kappa shape index (κ2) is 11.1. The van der Waals surface area contributed by atoms with Crippen molar-refractivity contribution in [2.45, 2.75) is 26.3 Å². The molecule has 2 aromatic carbocycles. The predicted molar refractivity (Wildman–Crippen MR) is 104 cm³/mol. The van der Waals surface area contributed by atoms with Gasteiger partial charge in [0.1, 0.15) is 11.5 Å². The van der Waals surface area contributed by atoms with Crippen LogP contribution in [-0.2, 0) is 24.4 Å². The molecule has 0 saturated carbocycles. The Morgan fingerprint density at radius 1 is 1.00 bits per heavy atom. The van der Waals surface area contributed by atoms with Crippen LogP contribution in [0, 0.1) is 0 Å². The lowest BCUT2D eigenvalue weighted by Crippen LogP contribution is -2.36. The summed E-state index contributed by atoms with van der Waals surface area (Å²) in [6.45, 7) is -1.52. The molecule has 0 heterocycles. The second-order valence-electron chi connectivity index (χ2n) is 5.88. The van der Waals surface area contributed by atoms with Gasteiger partial charge >= 0.3 is 6.61 Å². The first kappa shape index (κ1) is 21.4. The maximum Gasteiger partial charge on any atom is 0.387 e. The fraction of sp³-hybridized carbons (Fsp3) is 0.350. The van der Waals surface area contributed by atoms with Crippen molar-refractivity contribution in [2.75, 3.05) is 21.3 Å². The monoisotopic (exact) mass is 393 g/mol. The van der Waals surface area contributed by atoms with Gasteiger partial charge in [0, 0.05) is 32.8 Å². The molecule has 152 valence electrons. The number of ether oxygens (including phenoxy) is 3. The largest absolute Gasteiger partial charge is 0.497 e. The van der Waals surface area contributed by atoms with Crippen LogP contribution in [0.5, 0.6) is 11.5 Å². The number of benzene rings is 2. The number of hydrogen-bond acceptors (Lipinski definition) is 4. The van der Waals surface area contributed by atoms with Crippen molar-refractivity contribution in [2.24, 2.45) is 4.99 Å². The van der Waals surface area contributed by atoms with Gasteiger partial charge in [0.25, 0.3) is 0 Å². The molecule has 0 amide bonds. The van der Waals surface area contributed by atoms with E-state index in [0.29, 0.717) is 30.4 Å². The molecule has 0 spiro atoms. The molecule has 8 heteroatoms. The third-order valence-corrected chi connectivity index (χ3v) is 3.95. The first-order valence-electron chi connectivity index (χ1n) is 8.68. The number of methoxy groups -OCH3 is 2. The minimum Gasteiger partial charge on any atom is -0.497 e. The highest BCUT2D eigenvalue weighted by molar-refractivity contribution is 5.79. The summed E-state index contributed by atoms with van der Waals surface area (Å²) in [5.41, 5.74) is 2.70. The molecule has 2 aromatic rings. The fourth-order valence-electron chi connectivity index (χ4n) is 2.54. The van der Waals surface area contributed by atoms with E-state index < -0.39 is 6.61 Å². The van der Waals surface area contributed by atoms with Crippen LogP contribution in [-0.4, -0.2) is 33.8 Å². The fourth-order valence-corrected chi connectivity index (χ4v) is 2.54. The number of alkyl halides is 2. The Balaban J connectivity index is 1.96. The van der Waals surface area contributed by atoms with Crippen molar-refractivity contribution in [3.8, 4) is 11.5 Å². The van der Waals surface area contributed by atoms with Gasteiger partial charge in [0.15, 0.2) is 5.96 Å². The minimum atomic E-state index is -2.90. The normalized spacial score (nSPS) is 11.4. The van der Waals surface area contributed by atoms with E-state index >= 15 is 0 Å². The Morgan fingerprint density at radius 2 is 1.68 bits per heavy atom. The van der Waals surface area contributed by atoms with Gasteiger partial charge in [0.2, 0.25) is 0 Å². The Kier molecular flexibility index (Phi) is 8.48. The lowest BCUT2D eigenvalue weighted by molar-refractivity contribution is -0.0504. The molecule has 6 nitrogen and oxygen atoms in total. The van der Waals surface area contributed by atoms with Crippen molar-refractivity contribution in [3.63, 3.8) is 0 Å². The summed E-state index contributed by atoms with van der Waals surface area (Å²) in [7, 11) is 4.81. The highest BCUT2D eigenvalue weighted by atomic mass is 19.3. The van der Waals surface area contributed by atoms with Crippen LogP contribution in [0.4, 0.5) is 8.78 Å². The van der Waals surface area contributed by atoms with E-state index in [9.17, 15) is 8.78 Å². The summed E-state index contributed by atoms with van der Waals surface area (Å²) in [5.74, 6) is 1.18. The van der Waals surface area contributed by atoms with Gasteiger partial charge in [-0.05, 0) is 29.3 Å². The number of hydrogen-bond donors (Lipinski definition) is 2. The molecule has 2 N–H and O–H groups in total. The summed E-state index contributed by atoms with van der Waals surface area (Å²) in [4.78, 5) is 4.15. The maximum absolute atomic E-state index is 12.6. The van der Waals surface area contributed by atoms with E-state index in [0.717, 1.165) is 11.1 Å². The summed E-state index contributed by atoms with van der Waals surface area (Å²) in [5, 5.41) is 6.27. The smallest absolute Gasteiger partial charge is 0.387 e. The zero-order valence-electron chi connectivity index (χ0n) is 16.2. The molecule has 0 aliphatic heterocycles. The summed E-state index contributed by atoms with van der Waals surface area (Å²) < 4.78 is 40.1. The van der Waals surface area contributed by atoms with E-state index in [1.54, 1.807) is 26.3 Å². The second-order valence-corrected chi connectivity index (χ2v) is 5.88. The Labute approximate surface area is 163 Å². The first-order chi connectivity index (χ1) is 13.5. The van der Waals surface area contributed by atoms with E-state index in [1.807, 2.05) is 24.3 Å². The third kappa shape index (κ3) is 6.70. The zero-order valence-corrected chi connectivity index (χ0v) is 16.2. The standard InChI is InChI=1S/C20H25F2N3O3/c1-23-20(24-11-14-4-6-15(7-5-14)13-26-2)25-12-16-10-17(27-3)8-9-18(16)28-19(21)22/h4-10,19H,11-13H2,1-3H3,(H2,23,24,25). The van der Waals surface area contributed by atoms with E-state index in [4.69, 9.17) is 9.47 Å². The van der Waals surface area contributed by atoms with Gasteiger partial charge in [-0.25, -0.2) is 0 Å². The van der Waals surface area contributed by atoms with Crippen molar-refractivity contribution >= 4 is 5.96 Å². The Hall–Kier alpha value is -2.87. The molecule has 0 aliphatic rings. The van der Waals surface area contributed by atoms with Crippen LogP contribution >= 0.6 is 0 Å². The van der Waals surface area contributed by atoms with Crippen LogP contribution in [0.25, 0.3) is 0 Å². The number of nitrogens with zero attached hydrogens (tertiary/aromatic N) is 1. The molecule has 0 unspecified atom stereocenters. The summed E-state index contributed by atoms with van der Waals surface area (Å²) in [6.07, 6.45) is 0. The Morgan fingerprint density at radius 3 is 2.29 bits per heavy atom. The highest BCUT2D eigenvalue weighted by Crippen LogP contribution is 2.25. The van der Waals surface area contributed by atoms with Crippen LogP contribution in [0.2, 0.25) is 0 Å². The van der Waals surface area contributed by atoms with Gasteiger partial charge in [-0.1, -0.05) is 24.3 Å². The molecule has 0 bridgehead atoms. The molecule has 0 saturated heterocycles. The van der Waals surface area contributed by atoms with Gasteiger partial charge < -0.3 is 24.8 Å². The van der Waals surface area contributed by atoms with Crippen LogP contribution < -0.4 is 20.1 Å². The van der Waals surface area contributed by atoms with Crippen LogP contribution in [0.1, 0.15) is 16.7 Å². The molecule has 0 radical (unpaired) electrons. The Bertz CT molecular complexity index is 768. The molecular formula is C20H25F2N3O3. The minimum absolute atomic E-state index is 0.0903. The number of halogens is 2. The topological polar surface area (TPSA) is 64.1 Å². The van der Waals surface area contributed by atoms with Crippen molar-refractivity contribution < 1.29 is 23.0 Å². The quantitative estimate of drug-likeness (QED) is 0.506. The lowest BCUT2D eigenvalue weighted by Gasteiger charge is -2.15. The molecule has 28 heavy (non-hydrogen) atoms. The first-order valence-corrected chi connectivity index (χ1v) is 8.68. The van der Waals surface area contributed by atoms with E-state index in [-0.39, 0.29) is 12.3 Å². The molecule has 0 aromatic heterocycles. The lowest BCUT2D eigenvalue weighted by atomic mass is 10.1. The molecule has 0 fully saturated rings. The number of aliphatic imine (C=N–C) groups is 1. The van der Waals surface area contributed by atoms with Crippen LogP contribution in [0.3, 0.4) is 0 Å². The molecule has 0 aliphatic carbocycles. The highest BCUT2D eigenvalue weighted by Gasteiger charge is 2.11. The average Bonchev–Trinajstić information content (AvgIpc) is 2.70. The number of guanidine groups is 1. The van der Waals surface area contributed by atoms with Crippen molar-refractivity contribution in [1.29, 1.82) is 0 Å². The zero-order chi connectivity index (χ0) is 20.4. The van der Waals surface area contributed by atoms with Gasteiger partial charge in [-0.15, -0.1) is 0 Å². The SMILES string of the molecule is CN=C(NCc1ccc(COC)cc1)NCc1cc(OC)ccc1OC(F)F. The molecular weight excluding hydrogens is 368 g/mol. The summed E-state index contributed by atoms with van der Waals surface area (Å²) >= 11 is 0. The maximum atomic E-state index is 12.6. The summed E-state index contributed by atoms with van der Waals surface area (Å²) in [6, 6.07) is 12.7. The molecule has 2 rings (SSSR count). The predicted octanol–water partition coefficient (Wildman–Crippen LogP) is 3.31. The average molecular weight is 393 g/mol. The van der Waals surface area contributed by atoms with Gasteiger partial charge in [0.05, 0.1) is 13.7 Å². The van der Waals surface area contributed by atoms with Crippen LogP contribution in [0.15, 0.2) is 47.5 Å². The van der Waals surface area contributed by atoms with Crippen molar-refractivity contribution in [1.82, 2.24) is 10.6 Å². The molecule has 0 atom stereocenters. The van der Waals surface area contributed by atoms with E-state index in [1.165, 1.54) is 13.2 Å². The van der Waals surface area contributed by atoms with Crippen molar-refractivity contribution in [3.05, 3.63) is 59.2 Å². The third-order valence-electron chi connectivity index (χ3n) is 3.95. The number of rotatable bonds is 9.